The number of hydrogen-bond donors (Lipinski definition) is 4. The first kappa shape index (κ1) is 20.1. The first-order valence-electron chi connectivity index (χ1n) is 10.7. The van der Waals surface area contributed by atoms with Crippen molar-refractivity contribution in [3.63, 3.8) is 0 Å². The molecule has 8 nitrogen and oxygen atoms in total. The molecular formula is C19H35N5O3+2. The third-order valence-electron chi connectivity index (χ3n) is 6.13. The fourth-order valence-corrected chi connectivity index (χ4v) is 4.47. The highest BCUT2D eigenvalue weighted by molar-refractivity contribution is 5.94. The molecule has 2 heterocycles. The lowest BCUT2D eigenvalue weighted by molar-refractivity contribution is -1.00. The van der Waals surface area contributed by atoms with E-state index in [0.717, 1.165) is 77.8 Å². The van der Waals surface area contributed by atoms with Crippen molar-refractivity contribution in [1.29, 1.82) is 0 Å². The van der Waals surface area contributed by atoms with E-state index in [1.165, 1.54) is 16.2 Å². The third-order valence-corrected chi connectivity index (χ3v) is 6.13. The summed E-state index contributed by atoms with van der Waals surface area (Å²) >= 11 is 0. The molecule has 0 bridgehead atoms. The van der Waals surface area contributed by atoms with Crippen LogP contribution in [0.4, 0.5) is 4.79 Å². The van der Waals surface area contributed by atoms with E-state index in [1.807, 2.05) is 4.90 Å². The minimum absolute atomic E-state index is 0.208. The molecule has 8 heteroatoms. The Kier molecular flexibility index (Phi) is 7.46. The van der Waals surface area contributed by atoms with Crippen molar-refractivity contribution in [2.24, 2.45) is 0 Å². The molecule has 0 spiro atoms. The number of urea groups is 1. The number of carbonyl (C=O) groups excluding carboxylic acids is 3. The molecule has 0 radical (unpaired) electrons. The van der Waals surface area contributed by atoms with Gasteiger partial charge in [-0.2, -0.15) is 0 Å². The van der Waals surface area contributed by atoms with Crippen LogP contribution in [0.25, 0.3) is 0 Å². The molecule has 3 aliphatic rings. The van der Waals surface area contributed by atoms with E-state index < -0.39 is 0 Å². The van der Waals surface area contributed by atoms with Gasteiger partial charge in [0.1, 0.15) is 26.2 Å². The van der Waals surface area contributed by atoms with E-state index in [1.54, 1.807) is 0 Å². The molecule has 0 aromatic carbocycles. The van der Waals surface area contributed by atoms with Crippen LogP contribution in [0.2, 0.25) is 0 Å². The van der Waals surface area contributed by atoms with Crippen molar-refractivity contribution in [3.05, 3.63) is 0 Å². The zero-order valence-corrected chi connectivity index (χ0v) is 16.4. The van der Waals surface area contributed by atoms with Crippen LogP contribution in [0.5, 0.6) is 0 Å². The van der Waals surface area contributed by atoms with Gasteiger partial charge in [0.25, 0.3) is 11.8 Å². The fourth-order valence-electron chi connectivity index (χ4n) is 4.47. The number of hydrogen-bond acceptors (Lipinski definition) is 3. The van der Waals surface area contributed by atoms with Crippen LogP contribution in [0.3, 0.4) is 0 Å². The van der Waals surface area contributed by atoms with Gasteiger partial charge in [-0.25, -0.2) is 4.79 Å². The maximum absolute atomic E-state index is 12.2. The van der Waals surface area contributed by atoms with Crippen LogP contribution in [0, 0.1) is 0 Å². The smallest absolute Gasteiger partial charge is 0.321 e. The summed E-state index contributed by atoms with van der Waals surface area (Å²) in [7, 11) is 0. The lowest BCUT2D eigenvalue weighted by Crippen LogP contribution is -3.28. The van der Waals surface area contributed by atoms with Crippen molar-refractivity contribution < 1.29 is 24.2 Å². The molecule has 152 valence electrons. The van der Waals surface area contributed by atoms with Gasteiger partial charge in [-0.1, -0.05) is 19.3 Å². The summed E-state index contributed by atoms with van der Waals surface area (Å²) in [5, 5.41) is 5.39. The standard InChI is InChI=1S/C19H33N5O3/c25-17(21-19(27)20-16-6-2-1-3-7-16)14-22-10-12-23(13-11-22)15-18(26)24-8-4-5-9-24/h16H,1-15H2,(H2,20,21,25,27)/p+2. The fraction of sp³-hybridized carbons (Fsp3) is 0.842. The van der Waals surface area contributed by atoms with Crippen molar-refractivity contribution in [1.82, 2.24) is 15.5 Å². The van der Waals surface area contributed by atoms with E-state index in [-0.39, 0.29) is 23.9 Å². The summed E-state index contributed by atoms with van der Waals surface area (Å²) in [5.74, 6) is 0.0537. The van der Waals surface area contributed by atoms with E-state index in [2.05, 4.69) is 10.6 Å². The molecule has 2 saturated heterocycles. The SMILES string of the molecule is O=C(C[NH+]1CC[NH+](CC(=O)N2CCCC2)CC1)NC(=O)NC1CCCCC1. The monoisotopic (exact) mass is 381 g/mol. The zero-order valence-electron chi connectivity index (χ0n) is 16.4. The van der Waals surface area contributed by atoms with Crippen LogP contribution in [-0.4, -0.2) is 81.1 Å². The van der Waals surface area contributed by atoms with Gasteiger partial charge in [0.15, 0.2) is 13.1 Å². The van der Waals surface area contributed by atoms with Crippen LogP contribution in [0.1, 0.15) is 44.9 Å². The highest BCUT2D eigenvalue weighted by Crippen LogP contribution is 2.17. The maximum Gasteiger partial charge on any atom is 0.321 e. The Hall–Kier alpha value is -1.67. The second kappa shape index (κ2) is 10.0. The minimum atomic E-state index is -0.355. The summed E-state index contributed by atoms with van der Waals surface area (Å²) in [6.07, 6.45) is 7.80. The average molecular weight is 382 g/mol. The number of quaternary nitrogens is 2. The van der Waals surface area contributed by atoms with Gasteiger partial charge in [0.2, 0.25) is 0 Å². The summed E-state index contributed by atoms with van der Waals surface area (Å²) in [6, 6.07) is -0.147. The molecule has 0 atom stereocenters. The molecule has 3 fully saturated rings. The van der Waals surface area contributed by atoms with E-state index in [4.69, 9.17) is 0 Å². The number of imide groups is 1. The second-order valence-electron chi connectivity index (χ2n) is 8.30. The van der Waals surface area contributed by atoms with Crippen LogP contribution in [-0.2, 0) is 9.59 Å². The Labute approximate surface area is 161 Å². The van der Waals surface area contributed by atoms with Crippen molar-refractivity contribution in [3.8, 4) is 0 Å². The summed E-state index contributed by atoms with van der Waals surface area (Å²) in [5.41, 5.74) is 0. The molecule has 3 rings (SSSR count). The molecule has 4 amide bonds. The van der Waals surface area contributed by atoms with Crippen molar-refractivity contribution in [2.45, 2.75) is 51.0 Å². The predicted octanol–water partition coefficient (Wildman–Crippen LogP) is -2.45. The van der Waals surface area contributed by atoms with Gasteiger partial charge in [-0.05, 0) is 25.7 Å². The third kappa shape index (κ3) is 6.46. The summed E-state index contributed by atoms with van der Waals surface area (Å²) in [4.78, 5) is 40.8. The Morgan fingerprint density at radius 2 is 1.41 bits per heavy atom. The van der Waals surface area contributed by atoms with E-state index >= 15 is 0 Å². The van der Waals surface area contributed by atoms with Gasteiger partial charge in [0, 0.05) is 19.1 Å². The first-order valence-corrected chi connectivity index (χ1v) is 10.7. The molecule has 4 N–H and O–H groups in total. The average Bonchev–Trinajstić information content (AvgIpc) is 3.19. The lowest BCUT2D eigenvalue weighted by Gasteiger charge is -2.30. The second-order valence-corrected chi connectivity index (χ2v) is 8.30. The van der Waals surface area contributed by atoms with Crippen LogP contribution in [0.15, 0.2) is 0 Å². The number of amides is 4. The van der Waals surface area contributed by atoms with Gasteiger partial charge in [0.05, 0.1) is 0 Å². The molecule has 0 aromatic rings. The topological polar surface area (TPSA) is 87.4 Å². The van der Waals surface area contributed by atoms with Crippen LogP contribution < -0.4 is 20.4 Å². The highest BCUT2D eigenvalue weighted by atomic mass is 16.2. The predicted molar refractivity (Wildman–Crippen MR) is 100 cm³/mol. The number of piperazine rings is 1. The van der Waals surface area contributed by atoms with Gasteiger partial charge in [-0.15, -0.1) is 0 Å². The molecule has 2 aliphatic heterocycles. The molecule has 0 aromatic heterocycles. The van der Waals surface area contributed by atoms with Gasteiger partial charge >= 0.3 is 6.03 Å². The Bertz CT molecular complexity index is 521. The molecule has 27 heavy (non-hydrogen) atoms. The van der Waals surface area contributed by atoms with Crippen LogP contribution >= 0.6 is 0 Å². The first-order chi connectivity index (χ1) is 13.1. The lowest BCUT2D eigenvalue weighted by atomic mass is 9.96. The molecular weight excluding hydrogens is 346 g/mol. The van der Waals surface area contributed by atoms with Crippen molar-refractivity contribution in [2.75, 3.05) is 52.4 Å². The number of likely N-dealkylation sites (tertiary alicyclic amines) is 1. The summed E-state index contributed by atoms with van der Waals surface area (Å²) < 4.78 is 0. The van der Waals surface area contributed by atoms with Crippen molar-refractivity contribution >= 4 is 17.8 Å². The largest absolute Gasteiger partial charge is 0.338 e. The molecule has 1 saturated carbocycles. The Morgan fingerprint density at radius 3 is 2.04 bits per heavy atom. The maximum atomic E-state index is 12.2. The Morgan fingerprint density at radius 1 is 0.815 bits per heavy atom. The Balaban J connectivity index is 1.30. The van der Waals surface area contributed by atoms with Gasteiger partial charge in [-0.3, -0.25) is 14.9 Å². The summed E-state index contributed by atoms with van der Waals surface area (Å²) in [6.45, 7) is 6.24. The van der Waals surface area contributed by atoms with Gasteiger partial charge < -0.3 is 20.0 Å². The molecule has 1 aliphatic carbocycles. The number of nitrogens with zero attached hydrogens (tertiary/aromatic N) is 1. The number of rotatable bonds is 5. The number of nitrogens with one attached hydrogen (secondary N) is 4. The normalized spacial score (nSPS) is 26.6. The minimum Gasteiger partial charge on any atom is -0.338 e. The van der Waals surface area contributed by atoms with E-state index in [0.29, 0.717) is 13.1 Å². The van der Waals surface area contributed by atoms with E-state index in [9.17, 15) is 14.4 Å². The zero-order chi connectivity index (χ0) is 19.1. The number of carbonyl (C=O) groups is 3. The highest BCUT2D eigenvalue weighted by Gasteiger charge is 2.29. The molecule has 0 unspecified atom stereocenters. The quantitative estimate of drug-likeness (QED) is 0.426.